The smallest absolute Gasteiger partial charge is 0.164 e. The molecule has 3 heteroatoms. The second kappa shape index (κ2) is 11.9. The third-order valence-corrected chi connectivity index (χ3v) is 8.91. The Balaban J connectivity index is 1.26. The van der Waals surface area contributed by atoms with E-state index < -0.39 is 0 Å². The molecule has 0 bridgehead atoms. The average molecular weight is 582 g/mol. The van der Waals surface area contributed by atoms with Crippen LogP contribution in [0.3, 0.4) is 0 Å². The molecule has 0 radical (unpaired) electrons. The summed E-state index contributed by atoms with van der Waals surface area (Å²) in [6.07, 6.45) is 5.61. The first-order chi connectivity index (χ1) is 22.0. The van der Waals surface area contributed by atoms with Gasteiger partial charge in [0, 0.05) is 22.1 Å². The lowest BCUT2D eigenvalue weighted by molar-refractivity contribution is 0.644. The van der Waals surface area contributed by atoms with Crippen LogP contribution in [0.15, 0.2) is 151 Å². The Morgan fingerprint density at radius 1 is 0.556 bits per heavy atom. The Hall–Kier alpha value is -5.41. The second-order valence-electron chi connectivity index (χ2n) is 12.0. The lowest BCUT2D eigenvalue weighted by Gasteiger charge is -2.22. The normalized spacial score (nSPS) is 14.8. The highest BCUT2D eigenvalue weighted by Gasteiger charge is 2.34. The molecule has 7 rings (SSSR count). The minimum absolute atomic E-state index is 0.0193. The maximum absolute atomic E-state index is 4.99. The summed E-state index contributed by atoms with van der Waals surface area (Å²) >= 11 is 0. The first-order valence-electron chi connectivity index (χ1n) is 15.5. The van der Waals surface area contributed by atoms with Crippen molar-refractivity contribution in [3.63, 3.8) is 0 Å². The number of fused-ring (bicyclic) bond motifs is 1. The summed E-state index contributed by atoms with van der Waals surface area (Å²) in [6, 6.07) is 46.3. The molecule has 0 atom stereocenters. The van der Waals surface area contributed by atoms with Crippen LogP contribution in [0, 0.1) is 0 Å². The van der Waals surface area contributed by atoms with E-state index in [4.69, 9.17) is 15.0 Å². The fourth-order valence-electron chi connectivity index (χ4n) is 6.34. The van der Waals surface area contributed by atoms with Gasteiger partial charge in [-0.05, 0) is 46.7 Å². The minimum atomic E-state index is 0.0193. The molecule has 0 amide bonds. The van der Waals surface area contributed by atoms with Crippen molar-refractivity contribution in [1.82, 2.24) is 15.0 Å². The van der Waals surface area contributed by atoms with Gasteiger partial charge < -0.3 is 0 Å². The molecule has 0 saturated carbocycles. The van der Waals surface area contributed by atoms with Gasteiger partial charge in [0.1, 0.15) is 0 Å². The molecule has 218 valence electrons. The van der Waals surface area contributed by atoms with E-state index in [2.05, 4.69) is 99.7 Å². The number of benzene rings is 5. The van der Waals surface area contributed by atoms with E-state index in [-0.39, 0.29) is 5.41 Å². The first-order valence-corrected chi connectivity index (χ1v) is 15.5. The summed E-state index contributed by atoms with van der Waals surface area (Å²) in [5.74, 6) is 1.98. The zero-order chi connectivity index (χ0) is 30.8. The van der Waals surface area contributed by atoms with Crippen molar-refractivity contribution in [2.24, 2.45) is 0 Å². The predicted molar refractivity (Wildman–Crippen MR) is 186 cm³/mol. The third-order valence-electron chi connectivity index (χ3n) is 8.91. The summed E-state index contributed by atoms with van der Waals surface area (Å²) in [5.41, 5.74) is 11.9. The molecule has 3 nitrogen and oxygen atoms in total. The molecule has 0 aliphatic heterocycles. The largest absolute Gasteiger partial charge is 0.208 e. The van der Waals surface area contributed by atoms with E-state index in [1.165, 1.54) is 27.8 Å². The van der Waals surface area contributed by atoms with Gasteiger partial charge in [0.05, 0.1) is 0 Å². The van der Waals surface area contributed by atoms with Crippen LogP contribution in [0.25, 0.3) is 50.9 Å². The quantitative estimate of drug-likeness (QED) is 0.196. The summed E-state index contributed by atoms with van der Waals surface area (Å²) in [4.78, 5) is 14.9. The SMILES string of the molecule is C/C=C(\C=C1/Cc2ccccc2C1(C)C)c1ccc(-c2ccccc2-c2nc(-c3ccccc3)nc(-c3ccccc3)n2)cc1. The van der Waals surface area contributed by atoms with Gasteiger partial charge in [0.25, 0.3) is 0 Å². The molecule has 0 fully saturated rings. The van der Waals surface area contributed by atoms with Crippen LogP contribution in [0.1, 0.15) is 37.5 Å². The van der Waals surface area contributed by atoms with E-state index in [1.54, 1.807) is 0 Å². The Bertz CT molecular complexity index is 1980. The van der Waals surface area contributed by atoms with Gasteiger partial charge in [-0.3, -0.25) is 0 Å². The van der Waals surface area contributed by atoms with Crippen molar-refractivity contribution >= 4 is 5.57 Å². The zero-order valence-electron chi connectivity index (χ0n) is 25.9. The number of allylic oxidation sites excluding steroid dienone is 4. The average Bonchev–Trinajstić information content (AvgIpc) is 3.36. The molecule has 5 aromatic carbocycles. The Morgan fingerprint density at radius 3 is 1.69 bits per heavy atom. The second-order valence-corrected chi connectivity index (χ2v) is 12.0. The molecule has 0 spiro atoms. The van der Waals surface area contributed by atoms with Crippen molar-refractivity contribution in [3.8, 4) is 45.3 Å². The third kappa shape index (κ3) is 5.54. The van der Waals surface area contributed by atoms with Crippen LogP contribution in [-0.4, -0.2) is 15.0 Å². The number of nitrogens with zero attached hydrogens (tertiary/aromatic N) is 3. The monoisotopic (exact) mass is 581 g/mol. The summed E-state index contributed by atoms with van der Waals surface area (Å²) < 4.78 is 0. The standard InChI is InChI=1S/C42H35N3/c1-4-29(27-35-28-34-19-11-14-22-38(34)42(35,2)3)30-23-25-31(26-24-30)36-20-12-13-21-37(36)41-44-39(32-15-7-5-8-16-32)43-40(45-41)33-17-9-6-10-18-33/h4-27H,28H2,1-3H3/b29-4+,35-27+. The molecule has 1 aromatic heterocycles. The number of hydrogen-bond donors (Lipinski definition) is 0. The summed E-state index contributed by atoms with van der Waals surface area (Å²) in [7, 11) is 0. The highest BCUT2D eigenvalue weighted by molar-refractivity contribution is 5.83. The maximum atomic E-state index is 4.99. The maximum Gasteiger partial charge on any atom is 0.164 e. The van der Waals surface area contributed by atoms with E-state index in [9.17, 15) is 0 Å². The fraction of sp³-hybridized carbons (Fsp3) is 0.119. The Kier molecular flexibility index (Phi) is 7.52. The van der Waals surface area contributed by atoms with E-state index in [0.717, 1.165) is 34.2 Å². The van der Waals surface area contributed by atoms with Crippen LogP contribution < -0.4 is 0 Å². The Morgan fingerprint density at radius 2 is 1.09 bits per heavy atom. The van der Waals surface area contributed by atoms with Gasteiger partial charge in [-0.25, -0.2) is 15.0 Å². The molecular formula is C42H35N3. The van der Waals surface area contributed by atoms with Crippen molar-refractivity contribution < 1.29 is 0 Å². The fourth-order valence-corrected chi connectivity index (χ4v) is 6.34. The molecule has 6 aromatic rings. The van der Waals surface area contributed by atoms with E-state index >= 15 is 0 Å². The van der Waals surface area contributed by atoms with Gasteiger partial charge in [0.15, 0.2) is 17.5 Å². The molecule has 1 aliphatic carbocycles. The van der Waals surface area contributed by atoms with Crippen LogP contribution in [0.4, 0.5) is 0 Å². The van der Waals surface area contributed by atoms with Crippen LogP contribution in [-0.2, 0) is 11.8 Å². The molecule has 0 unspecified atom stereocenters. The number of aromatic nitrogens is 3. The Labute approximate surface area is 265 Å². The first kappa shape index (κ1) is 28.4. The molecule has 1 aliphatic rings. The van der Waals surface area contributed by atoms with Crippen LogP contribution >= 0.6 is 0 Å². The highest BCUT2D eigenvalue weighted by Crippen LogP contribution is 2.43. The van der Waals surface area contributed by atoms with Gasteiger partial charge in [0.2, 0.25) is 0 Å². The molecule has 45 heavy (non-hydrogen) atoms. The lowest BCUT2D eigenvalue weighted by Crippen LogP contribution is -2.15. The lowest BCUT2D eigenvalue weighted by atomic mass is 9.81. The molecular weight excluding hydrogens is 546 g/mol. The van der Waals surface area contributed by atoms with Crippen molar-refractivity contribution in [2.45, 2.75) is 32.6 Å². The highest BCUT2D eigenvalue weighted by atomic mass is 15.0. The van der Waals surface area contributed by atoms with Gasteiger partial charge in [-0.2, -0.15) is 0 Å². The van der Waals surface area contributed by atoms with Gasteiger partial charge >= 0.3 is 0 Å². The van der Waals surface area contributed by atoms with Crippen molar-refractivity contribution in [1.29, 1.82) is 0 Å². The predicted octanol–water partition coefficient (Wildman–Crippen LogP) is 10.4. The molecule has 1 heterocycles. The van der Waals surface area contributed by atoms with Gasteiger partial charge in [-0.15, -0.1) is 0 Å². The van der Waals surface area contributed by atoms with Crippen LogP contribution in [0.5, 0.6) is 0 Å². The van der Waals surface area contributed by atoms with E-state index in [1.807, 2.05) is 66.7 Å². The molecule has 0 saturated heterocycles. The van der Waals surface area contributed by atoms with E-state index in [0.29, 0.717) is 17.5 Å². The number of hydrogen-bond acceptors (Lipinski definition) is 3. The minimum Gasteiger partial charge on any atom is -0.208 e. The van der Waals surface area contributed by atoms with Crippen molar-refractivity contribution in [2.75, 3.05) is 0 Å². The summed E-state index contributed by atoms with van der Waals surface area (Å²) in [5, 5.41) is 0. The van der Waals surface area contributed by atoms with Crippen molar-refractivity contribution in [3.05, 3.63) is 168 Å². The van der Waals surface area contributed by atoms with Gasteiger partial charge in [-0.1, -0.05) is 165 Å². The number of rotatable bonds is 6. The molecule has 0 N–H and O–H groups in total. The topological polar surface area (TPSA) is 38.7 Å². The van der Waals surface area contributed by atoms with Crippen LogP contribution in [0.2, 0.25) is 0 Å². The zero-order valence-corrected chi connectivity index (χ0v) is 25.9. The summed E-state index contributed by atoms with van der Waals surface area (Å²) in [6.45, 7) is 6.80.